The summed E-state index contributed by atoms with van der Waals surface area (Å²) >= 11 is 5.35. The summed E-state index contributed by atoms with van der Waals surface area (Å²) in [7, 11) is 1.73. The maximum atomic E-state index is 12.9. The van der Waals surface area contributed by atoms with Crippen molar-refractivity contribution >= 4 is 40.5 Å². The molecule has 2 amide bonds. The lowest BCUT2D eigenvalue weighted by Crippen LogP contribution is -2.34. The second-order valence-electron chi connectivity index (χ2n) is 8.09. The SMILES string of the molecule is CCCCCCOc1ccccc1C(=O)NC(=S)Nc1cccc(C(=O)N(C)c2ccccc2)c1. The van der Waals surface area contributed by atoms with Crippen LogP contribution in [0.25, 0.3) is 0 Å². The predicted molar refractivity (Wildman–Crippen MR) is 145 cm³/mol. The standard InChI is InChI=1S/C28H31N3O3S/c1-3-4-5-11-19-34-25-18-10-9-17-24(25)26(32)30-28(35)29-22-14-12-13-21(20-22)27(33)31(2)23-15-7-6-8-16-23/h6-10,12-18,20H,3-5,11,19H2,1-2H3,(H2,29,30,32,35). The maximum absolute atomic E-state index is 12.9. The van der Waals surface area contributed by atoms with Crippen molar-refractivity contribution in [1.29, 1.82) is 0 Å². The summed E-state index contributed by atoms with van der Waals surface area (Å²) in [6.07, 6.45) is 4.37. The number of para-hydroxylation sites is 2. The van der Waals surface area contributed by atoms with E-state index in [4.69, 9.17) is 17.0 Å². The van der Waals surface area contributed by atoms with E-state index in [0.717, 1.165) is 24.9 Å². The molecule has 0 atom stereocenters. The number of hydrogen-bond acceptors (Lipinski definition) is 4. The number of ether oxygens (including phenoxy) is 1. The number of nitrogens with zero attached hydrogens (tertiary/aromatic N) is 1. The van der Waals surface area contributed by atoms with Crippen LogP contribution in [0.15, 0.2) is 78.9 Å². The Labute approximate surface area is 212 Å². The van der Waals surface area contributed by atoms with Crippen LogP contribution in [0.3, 0.4) is 0 Å². The molecule has 3 rings (SSSR count). The Balaban J connectivity index is 1.60. The van der Waals surface area contributed by atoms with Crippen LogP contribution in [-0.4, -0.2) is 30.6 Å². The third-order valence-corrected chi connectivity index (χ3v) is 5.63. The quantitative estimate of drug-likeness (QED) is 0.268. The first-order chi connectivity index (χ1) is 17.0. The molecule has 0 radical (unpaired) electrons. The Morgan fingerprint density at radius 2 is 1.66 bits per heavy atom. The lowest BCUT2D eigenvalue weighted by molar-refractivity contribution is 0.0970. The van der Waals surface area contributed by atoms with Gasteiger partial charge in [0.1, 0.15) is 5.75 Å². The van der Waals surface area contributed by atoms with E-state index in [1.54, 1.807) is 54.4 Å². The van der Waals surface area contributed by atoms with Crippen LogP contribution in [0.2, 0.25) is 0 Å². The molecule has 0 saturated heterocycles. The van der Waals surface area contributed by atoms with Crippen molar-refractivity contribution in [3.8, 4) is 5.75 Å². The molecule has 6 nitrogen and oxygen atoms in total. The fourth-order valence-corrected chi connectivity index (χ4v) is 3.73. The van der Waals surface area contributed by atoms with Gasteiger partial charge in [0, 0.05) is 24.0 Å². The van der Waals surface area contributed by atoms with Crippen molar-refractivity contribution in [3.05, 3.63) is 90.0 Å². The average Bonchev–Trinajstić information content (AvgIpc) is 2.88. The number of thiocarbonyl (C=S) groups is 1. The molecule has 0 unspecified atom stereocenters. The van der Waals surface area contributed by atoms with Gasteiger partial charge in [-0.1, -0.05) is 62.6 Å². The van der Waals surface area contributed by atoms with Crippen molar-refractivity contribution in [2.45, 2.75) is 32.6 Å². The molecule has 7 heteroatoms. The second-order valence-corrected chi connectivity index (χ2v) is 8.50. The van der Waals surface area contributed by atoms with Gasteiger partial charge in [-0.25, -0.2) is 0 Å². The number of rotatable bonds is 10. The van der Waals surface area contributed by atoms with E-state index in [1.807, 2.05) is 36.4 Å². The number of hydrogen-bond donors (Lipinski definition) is 2. The summed E-state index contributed by atoms with van der Waals surface area (Å²) < 4.78 is 5.84. The van der Waals surface area contributed by atoms with Crippen molar-refractivity contribution in [2.75, 3.05) is 23.9 Å². The lowest BCUT2D eigenvalue weighted by Gasteiger charge is -2.18. The Morgan fingerprint density at radius 3 is 2.43 bits per heavy atom. The average molecular weight is 490 g/mol. The fourth-order valence-electron chi connectivity index (χ4n) is 3.52. The zero-order chi connectivity index (χ0) is 25.0. The van der Waals surface area contributed by atoms with Gasteiger partial charge in [0.15, 0.2) is 5.11 Å². The van der Waals surface area contributed by atoms with Gasteiger partial charge in [0.25, 0.3) is 11.8 Å². The first kappa shape index (κ1) is 25.9. The Bertz CT molecular complexity index is 1150. The minimum absolute atomic E-state index is 0.133. The predicted octanol–water partition coefficient (Wildman–Crippen LogP) is 6.05. The van der Waals surface area contributed by atoms with Crippen LogP contribution in [-0.2, 0) is 0 Å². The molecule has 0 aromatic heterocycles. The van der Waals surface area contributed by atoms with Crippen molar-refractivity contribution in [3.63, 3.8) is 0 Å². The van der Waals surface area contributed by atoms with Crippen LogP contribution in [0.5, 0.6) is 5.75 Å². The highest BCUT2D eigenvalue weighted by atomic mass is 32.1. The molecular formula is C28H31N3O3S. The molecule has 0 saturated carbocycles. The molecule has 0 fully saturated rings. The summed E-state index contributed by atoms with van der Waals surface area (Å²) in [6.45, 7) is 2.72. The van der Waals surface area contributed by atoms with Gasteiger partial charge in [-0.2, -0.15) is 0 Å². The summed E-state index contributed by atoms with van der Waals surface area (Å²) in [5, 5.41) is 5.82. The molecule has 182 valence electrons. The van der Waals surface area contributed by atoms with Gasteiger partial charge in [0.05, 0.1) is 12.2 Å². The maximum Gasteiger partial charge on any atom is 0.261 e. The normalized spacial score (nSPS) is 10.3. The van der Waals surface area contributed by atoms with Gasteiger partial charge >= 0.3 is 0 Å². The highest BCUT2D eigenvalue weighted by Crippen LogP contribution is 2.20. The minimum atomic E-state index is -0.359. The van der Waals surface area contributed by atoms with Gasteiger partial charge in [-0.05, 0) is 61.1 Å². The van der Waals surface area contributed by atoms with Crippen molar-refractivity contribution < 1.29 is 14.3 Å². The smallest absolute Gasteiger partial charge is 0.261 e. The monoisotopic (exact) mass is 489 g/mol. The molecule has 0 aliphatic carbocycles. The summed E-state index contributed by atoms with van der Waals surface area (Å²) in [6, 6.07) is 23.5. The summed E-state index contributed by atoms with van der Waals surface area (Å²) in [5.74, 6) is 0.0170. The number of nitrogens with one attached hydrogen (secondary N) is 2. The number of carbonyl (C=O) groups is 2. The highest BCUT2D eigenvalue weighted by molar-refractivity contribution is 7.80. The molecule has 2 N–H and O–H groups in total. The number of amides is 2. The number of carbonyl (C=O) groups excluding carboxylic acids is 2. The van der Waals surface area contributed by atoms with Crippen molar-refractivity contribution in [2.24, 2.45) is 0 Å². The molecule has 0 heterocycles. The number of benzene rings is 3. The van der Waals surface area contributed by atoms with Crippen LogP contribution in [0.4, 0.5) is 11.4 Å². The number of anilines is 2. The summed E-state index contributed by atoms with van der Waals surface area (Å²) in [5.41, 5.74) is 2.31. The van der Waals surface area contributed by atoms with E-state index in [2.05, 4.69) is 17.6 Å². The fraction of sp³-hybridized carbons (Fsp3) is 0.250. The lowest BCUT2D eigenvalue weighted by atomic mass is 10.1. The zero-order valence-corrected chi connectivity index (χ0v) is 20.9. The van der Waals surface area contributed by atoms with E-state index in [1.165, 1.54) is 6.42 Å². The van der Waals surface area contributed by atoms with E-state index in [0.29, 0.717) is 29.2 Å². The van der Waals surface area contributed by atoms with Crippen LogP contribution in [0, 0.1) is 0 Å². The first-order valence-corrected chi connectivity index (χ1v) is 12.2. The highest BCUT2D eigenvalue weighted by Gasteiger charge is 2.16. The first-order valence-electron chi connectivity index (χ1n) is 11.8. The van der Waals surface area contributed by atoms with E-state index >= 15 is 0 Å². The molecule has 0 aliphatic heterocycles. The van der Waals surface area contributed by atoms with Gasteiger partial charge in [0.2, 0.25) is 0 Å². The molecule has 35 heavy (non-hydrogen) atoms. The number of unbranched alkanes of at least 4 members (excludes halogenated alkanes) is 3. The molecular weight excluding hydrogens is 458 g/mol. The zero-order valence-electron chi connectivity index (χ0n) is 20.1. The van der Waals surface area contributed by atoms with Crippen LogP contribution in [0.1, 0.15) is 53.3 Å². The third kappa shape index (κ3) is 7.65. The van der Waals surface area contributed by atoms with Gasteiger partial charge < -0.3 is 15.0 Å². The Hall–Kier alpha value is -3.71. The molecule has 0 aliphatic rings. The summed E-state index contributed by atoms with van der Waals surface area (Å²) in [4.78, 5) is 27.3. The Kier molecular flexibility index (Phi) is 9.80. The third-order valence-electron chi connectivity index (χ3n) is 5.43. The molecule has 0 bridgehead atoms. The van der Waals surface area contributed by atoms with E-state index in [-0.39, 0.29) is 16.9 Å². The largest absolute Gasteiger partial charge is 0.493 e. The van der Waals surface area contributed by atoms with E-state index < -0.39 is 0 Å². The van der Waals surface area contributed by atoms with Gasteiger partial charge in [-0.3, -0.25) is 14.9 Å². The second kappa shape index (κ2) is 13.2. The molecule has 0 spiro atoms. The van der Waals surface area contributed by atoms with Crippen LogP contribution < -0.4 is 20.3 Å². The topological polar surface area (TPSA) is 70.7 Å². The Morgan fingerprint density at radius 1 is 0.914 bits per heavy atom. The van der Waals surface area contributed by atoms with Crippen LogP contribution >= 0.6 is 12.2 Å². The molecule has 3 aromatic rings. The molecule has 3 aromatic carbocycles. The van der Waals surface area contributed by atoms with Gasteiger partial charge in [-0.15, -0.1) is 0 Å². The van der Waals surface area contributed by atoms with Crippen molar-refractivity contribution in [1.82, 2.24) is 5.32 Å². The van der Waals surface area contributed by atoms with E-state index in [9.17, 15) is 9.59 Å². The minimum Gasteiger partial charge on any atom is -0.493 e.